The van der Waals surface area contributed by atoms with Crippen molar-refractivity contribution >= 4 is 11.8 Å². The second-order valence-electron chi connectivity index (χ2n) is 5.34. The summed E-state index contributed by atoms with van der Waals surface area (Å²) in [6.45, 7) is 3.41. The van der Waals surface area contributed by atoms with E-state index in [0.29, 0.717) is 25.5 Å². The van der Waals surface area contributed by atoms with Crippen molar-refractivity contribution < 1.29 is 14.3 Å². The molecule has 0 aromatic carbocycles. The molecule has 0 bridgehead atoms. The first-order chi connectivity index (χ1) is 9.63. The quantitative estimate of drug-likeness (QED) is 0.585. The van der Waals surface area contributed by atoms with Crippen LogP contribution in [0.3, 0.4) is 0 Å². The highest BCUT2D eigenvalue weighted by Gasteiger charge is 2.18. The van der Waals surface area contributed by atoms with Crippen LogP contribution in [0, 0.1) is 5.92 Å². The van der Waals surface area contributed by atoms with Gasteiger partial charge in [0.05, 0.1) is 6.54 Å². The minimum absolute atomic E-state index is 0.0453. The van der Waals surface area contributed by atoms with E-state index in [1.165, 1.54) is 4.90 Å². The molecule has 6 heteroatoms. The fraction of sp³-hybridized carbons (Fsp3) is 0.857. The molecule has 0 radical (unpaired) electrons. The molecule has 1 aliphatic heterocycles. The normalized spacial score (nSPS) is 18.0. The van der Waals surface area contributed by atoms with Crippen molar-refractivity contribution in [1.29, 1.82) is 0 Å². The van der Waals surface area contributed by atoms with E-state index in [4.69, 9.17) is 4.74 Å². The molecule has 0 spiro atoms. The van der Waals surface area contributed by atoms with E-state index in [1.54, 1.807) is 14.2 Å². The van der Waals surface area contributed by atoms with Crippen molar-refractivity contribution in [3.05, 3.63) is 0 Å². The van der Waals surface area contributed by atoms with Crippen LogP contribution < -0.4 is 10.6 Å². The minimum atomic E-state index is -0.112. The molecule has 0 aromatic heterocycles. The zero-order valence-corrected chi connectivity index (χ0v) is 12.6. The number of nitrogens with one attached hydrogen (secondary N) is 2. The van der Waals surface area contributed by atoms with E-state index in [9.17, 15) is 9.59 Å². The van der Waals surface area contributed by atoms with Crippen LogP contribution in [0.2, 0.25) is 0 Å². The van der Waals surface area contributed by atoms with Crippen molar-refractivity contribution in [3.63, 3.8) is 0 Å². The zero-order valence-electron chi connectivity index (χ0n) is 12.6. The first-order valence-corrected chi connectivity index (χ1v) is 7.33. The third-order valence-electron chi connectivity index (χ3n) is 3.58. The Morgan fingerprint density at radius 2 is 2.25 bits per heavy atom. The molecule has 116 valence electrons. The Kier molecular flexibility index (Phi) is 8.22. The molecule has 1 aliphatic rings. The summed E-state index contributed by atoms with van der Waals surface area (Å²) < 4.78 is 4.90. The standard InChI is InChI=1S/C14H27N3O3/c1-17(11-13(18)16-7-3-9-20-2)14(19)5-4-12-6-8-15-10-12/h12,15H,3-11H2,1-2H3,(H,16,18). The van der Waals surface area contributed by atoms with E-state index < -0.39 is 0 Å². The van der Waals surface area contributed by atoms with E-state index in [1.807, 2.05) is 0 Å². The number of amides is 2. The molecule has 0 saturated carbocycles. The molecule has 2 N–H and O–H groups in total. The smallest absolute Gasteiger partial charge is 0.239 e. The highest BCUT2D eigenvalue weighted by atomic mass is 16.5. The predicted molar refractivity (Wildman–Crippen MR) is 77.4 cm³/mol. The molecular weight excluding hydrogens is 258 g/mol. The van der Waals surface area contributed by atoms with E-state index in [-0.39, 0.29) is 18.4 Å². The van der Waals surface area contributed by atoms with Crippen LogP contribution in [0.1, 0.15) is 25.7 Å². The SMILES string of the molecule is COCCCNC(=O)CN(C)C(=O)CCC1CCNC1. The molecule has 1 saturated heterocycles. The maximum atomic E-state index is 11.9. The van der Waals surface area contributed by atoms with Gasteiger partial charge in [-0.2, -0.15) is 0 Å². The predicted octanol–water partition coefficient (Wildman–Crippen LogP) is -0.0128. The fourth-order valence-electron chi connectivity index (χ4n) is 2.28. The van der Waals surface area contributed by atoms with Crippen LogP contribution in [0.25, 0.3) is 0 Å². The number of likely N-dealkylation sites (N-methyl/N-ethyl adjacent to an activating group) is 1. The van der Waals surface area contributed by atoms with Gasteiger partial charge in [0.2, 0.25) is 11.8 Å². The van der Waals surface area contributed by atoms with Crippen molar-refractivity contribution in [2.45, 2.75) is 25.7 Å². The molecule has 20 heavy (non-hydrogen) atoms. The lowest BCUT2D eigenvalue weighted by Crippen LogP contribution is -2.38. The molecular formula is C14H27N3O3. The lowest BCUT2D eigenvalue weighted by molar-refractivity contribution is -0.134. The van der Waals surface area contributed by atoms with Crippen LogP contribution in [-0.4, -0.2) is 63.7 Å². The van der Waals surface area contributed by atoms with Crippen LogP contribution in [0.4, 0.5) is 0 Å². The van der Waals surface area contributed by atoms with Crippen molar-refractivity contribution in [3.8, 4) is 0 Å². The van der Waals surface area contributed by atoms with Gasteiger partial charge in [-0.3, -0.25) is 9.59 Å². The first kappa shape index (κ1) is 16.9. The largest absolute Gasteiger partial charge is 0.385 e. The molecule has 1 atom stereocenters. The van der Waals surface area contributed by atoms with E-state index >= 15 is 0 Å². The number of methoxy groups -OCH3 is 1. The number of carbonyl (C=O) groups is 2. The lowest BCUT2D eigenvalue weighted by atomic mass is 10.0. The van der Waals surface area contributed by atoms with Crippen LogP contribution in [0.15, 0.2) is 0 Å². The third-order valence-corrected chi connectivity index (χ3v) is 3.58. The van der Waals surface area contributed by atoms with Gasteiger partial charge in [-0.25, -0.2) is 0 Å². The first-order valence-electron chi connectivity index (χ1n) is 7.33. The molecule has 2 amide bonds. The second kappa shape index (κ2) is 9.72. The molecule has 0 aromatic rings. The number of nitrogens with zero attached hydrogens (tertiary/aromatic N) is 1. The summed E-state index contributed by atoms with van der Waals surface area (Å²) in [6.07, 6.45) is 3.37. The summed E-state index contributed by atoms with van der Waals surface area (Å²) in [5.41, 5.74) is 0. The van der Waals surface area contributed by atoms with Crippen LogP contribution in [0.5, 0.6) is 0 Å². The number of carbonyl (C=O) groups excluding carboxylic acids is 2. The molecule has 1 fully saturated rings. The van der Waals surface area contributed by atoms with Gasteiger partial charge in [0, 0.05) is 33.7 Å². The Labute approximate surface area is 121 Å². The highest BCUT2D eigenvalue weighted by Crippen LogP contribution is 2.14. The van der Waals surface area contributed by atoms with Crippen LogP contribution in [-0.2, 0) is 14.3 Å². The Morgan fingerprint density at radius 1 is 1.45 bits per heavy atom. The van der Waals surface area contributed by atoms with Gasteiger partial charge in [-0.05, 0) is 38.3 Å². The molecule has 6 nitrogen and oxygen atoms in total. The maximum Gasteiger partial charge on any atom is 0.239 e. The zero-order chi connectivity index (χ0) is 14.8. The highest BCUT2D eigenvalue weighted by molar-refractivity contribution is 5.84. The van der Waals surface area contributed by atoms with E-state index in [0.717, 1.165) is 32.4 Å². The number of ether oxygens (including phenoxy) is 1. The average Bonchev–Trinajstić information content (AvgIpc) is 2.94. The summed E-state index contributed by atoms with van der Waals surface area (Å²) >= 11 is 0. The average molecular weight is 285 g/mol. The second-order valence-corrected chi connectivity index (χ2v) is 5.34. The maximum absolute atomic E-state index is 11.9. The topological polar surface area (TPSA) is 70.7 Å². The van der Waals surface area contributed by atoms with Crippen molar-refractivity contribution in [2.75, 3.05) is 46.9 Å². The van der Waals surface area contributed by atoms with Gasteiger partial charge < -0.3 is 20.3 Å². The van der Waals surface area contributed by atoms with Crippen molar-refractivity contribution in [2.24, 2.45) is 5.92 Å². The Hall–Kier alpha value is -1.14. The van der Waals surface area contributed by atoms with Gasteiger partial charge in [0.15, 0.2) is 0 Å². The van der Waals surface area contributed by atoms with Crippen molar-refractivity contribution in [1.82, 2.24) is 15.5 Å². The monoisotopic (exact) mass is 285 g/mol. The molecule has 1 heterocycles. The van der Waals surface area contributed by atoms with Crippen LogP contribution >= 0.6 is 0 Å². The van der Waals surface area contributed by atoms with Gasteiger partial charge in [-0.15, -0.1) is 0 Å². The lowest BCUT2D eigenvalue weighted by Gasteiger charge is -2.17. The number of hydrogen-bond donors (Lipinski definition) is 2. The molecule has 1 rings (SSSR count). The summed E-state index contributed by atoms with van der Waals surface area (Å²) in [4.78, 5) is 25.1. The number of hydrogen-bond acceptors (Lipinski definition) is 4. The van der Waals surface area contributed by atoms with Gasteiger partial charge in [0.1, 0.15) is 0 Å². The Bertz CT molecular complexity index is 304. The summed E-state index contributed by atoms with van der Waals surface area (Å²) in [5.74, 6) is 0.540. The number of rotatable bonds is 9. The summed E-state index contributed by atoms with van der Waals surface area (Å²) in [5, 5.41) is 6.07. The van der Waals surface area contributed by atoms with E-state index in [2.05, 4.69) is 10.6 Å². The van der Waals surface area contributed by atoms with Gasteiger partial charge >= 0.3 is 0 Å². The summed E-state index contributed by atoms with van der Waals surface area (Å²) in [7, 11) is 3.32. The molecule has 1 unspecified atom stereocenters. The third kappa shape index (κ3) is 6.86. The summed E-state index contributed by atoms with van der Waals surface area (Å²) in [6, 6.07) is 0. The molecule has 0 aliphatic carbocycles. The van der Waals surface area contributed by atoms with Gasteiger partial charge in [-0.1, -0.05) is 0 Å². The minimum Gasteiger partial charge on any atom is -0.385 e. The van der Waals surface area contributed by atoms with Gasteiger partial charge in [0.25, 0.3) is 0 Å². The Morgan fingerprint density at radius 3 is 2.90 bits per heavy atom. The fourth-order valence-corrected chi connectivity index (χ4v) is 2.28. The Balaban J connectivity index is 2.11.